The first-order valence-corrected chi connectivity index (χ1v) is 7.10. The Morgan fingerprint density at radius 3 is 2.52 bits per heavy atom. The van der Waals surface area contributed by atoms with E-state index < -0.39 is 10.5 Å². The van der Waals surface area contributed by atoms with Crippen molar-refractivity contribution in [3.05, 3.63) is 38.3 Å². The summed E-state index contributed by atoms with van der Waals surface area (Å²) in [4.78, 5) is 24.5. The number of aryl methyl sites for hydroxylation is 1. The number of aromatic nitrogens is 1. The maximum absolute atomic E-state index is 12.0. The predicted molar refractivity (Wildman–Crippen MR) is 78.5 cm³/mol. The van der Waals surface area contributed by atoms with Crippen LogP contribution in [0.3, 0.4) is 0 Å². The molecule has 2 unspecified atom stereocenters. The molecule has 7 nitrogen and oxygen atoms in total. The Bertz CT molecular complexity index is 574. The zero-order valence-electron chi connectivity index (χ0n) is 12.6. The van der Waals surface area contributed by atoms with Gasteiger partial charge in [0.25, 0.3) is 0 Å². The molecule has 2 rings (SSSR count). The van der Waals surface area contributed by atoms with Crippen molar-refractivity contribution in [1.29, 1.82) is 0 Å². The number of hydrogen-bond acceptors (Lipinski definition) is 5. The lowest BCUT2D eigenvalue weighted by Crippen LogP contribution is -2.46. The molecular formula is C14H21N3O4. The number of morpholine rings is 1. The maximum Gasteiger partial charge on any atom is 0.334 e. The van der Waals surface area contributed by atoms with Gasteiger partial charge in [-0.15, -0.1) is 0 Å². The molecule has 0 N–H and O–H groups in total. The molecule has 0 spiro atoms. The van der Waals surface area contributed by atoms with Crippen LogP contribution in [0.15, 0.2) is 17.1 Å². The Morgan fingerprint density at radius 2 is 1.95 bits per heavy atom. The second kappa shape index (κ2) is 6.36. The van der Waals surface area contributed by atoms with Crippen molar-refractivity contribution < 1.29 is 9.66 Å². The lowest BCUT2D eigenvalue weighted by Gasteiger charge is -2.35. The largest absolute Gasteiger partial charge is 0.373 e. The van der Waals surface area contributed by atoms with Crippen LogP contribution in [0.4, 0.5) is 5.69 Å². The van der Waals surface area contributed by atoms with Gasteiger partial charge in [0.05, 0.1) is 17.1 Å². The van der Waals surface area contributed by atoms with Gasteiger partial charge in [0, 0.05) is 38.4 Å². The van der Waals surface area contributed by atoms with Gasteiger partial charge < -0.3 is 9.30 Å². The highest BCUT2D eigenvalue weighted by Crippen LogP contribution is 2.11. The van der Waals surface area contributed by atoms with E-state index in [0.717, 1.165) is 13.1 Å². The van der Waals surface area contributed by atoms with Crippen molar-refractivity contribution in [3.8, 4) is 0 Å². The predicted octanol–water partition coefficient (Wildman–Crippen LogP) is 1.17. The monoisotopic (exact) mass is 295 g/mol. The molecule has 1 aliphatic heterocycles. The zero-order chi connectivity index (χ0) is 15.6. The number of pyridine rings is 1. The molecule has 0 radical (unpaired) electrons. The van der Waals surface area contributed by atoms with Crippen LogP contribution >= 0.6 is 0 Å². The van der Waals surface area contributed by atoms with Crippen LogP contribution in [-0.2, 0) is 11.3 Å². The van der Waals surface area contributed by atoms with E-state index in [-0.39, 0.29) is 17.9 Å². The fourth-order valence-electron chi connectivity index (χ4n) is 2.78. The number of nitro groups is 1. The summed E-state index contributed by atoms with van der Waals surface area (Å²) in [5, 5.41) is 10.9. The summed E-state index contributed by atoms with van der Waals surface area (Å²) in [6, 6.07) is 1.32. The Balaban J connectivity index is 2.10. The summed E-state index contributed by atoms with van der Waals surface area (Å²) < 4.78 is 7.09. The average molecular weight is 295 g/mol. The summed E-state index contributed by atoms with van der Waals surface area (Å²) in [5.41, 5.74) is -0.191. The van der Waals surface area contributed by atoms with Crippen molar-refractivity contribution in [2.45, 2.75) is 39.5 Å². The maximum atomic E-state index is 12.0. The van der Waals surface area contributed by atoms with E-state index in [9.17, 15) is 14.9 Å². The molecular weight excluding hydrogens is 274 g/mol. The molecule has 7 heteroatoms. The molecule has 0 bridgehead atoms. The Morgan fingerprint density at radius 1 is 1.33 bits per heavy atom. The van der Waals surface area contributed by atoms with E-state index >= 15 is 0 Å². The molecule has 2 atom stereocenters. The second-order valence-electron chi connectivity index (χ2n) is 5.68. The molecule has 1 aromatic rings. The first-order valence-electron chi connectivity index (χ1n) is 7.10. The van der Waals surface area contributed by atoms with Gasteiger partial charge in [0.1, 0.15) is 0 Å². The van der Waals surface area contributed by atoms with E-state index in [2.05, 4.69) is 4.90 Å². The topological polar surface area (TPSA) is 77.6 Å². The highest BCUT2D eigenvalue weighted by molar-refractivity contribution is 5.30. The van der Waals surface area contributed by atoms with Crippen molar-refractivity contribution in [2.75, 3.05) is 19.6 Å². The van der Waals surface area contributed by atoms with Gasteiger partial charge in [0.2, 0.25) is 0 Å². The Labute approximate surface area is 123 Å². The van der Waals surface area contributed by atoms with Crippen LogP contribution in [0.5, 0.6) is 0 Å². The molecule has 1 aliphatic rings. The third-order valence-corrected chi connectivity index (χ3v) is 3.55. The van der Waals surface area contributed by atoms with Crippen molar-refractivity contribution in [1.82, 2.24) is 9.47 Å². The summed E-state index contributed by atoms with van der Waals surface area (Å²) in [5.74, 6) is 0. The Kier molecular flexibility index (Phi) is 4.74. The van der Waals surface area contributed by atoms with Crippen LogP contribution in [-0.4, -0.2) is 46.2 Å². The number of rotatable bonds is 4. The van der Waals surface area contributed by atoms with Gasteiger partial charge in [-0.3, -0.25) is 19.8 Å². The van der Waals surface area contributed by atoms with Gasteiger partial charge >= 0.3 is 11.2 Å². The van der Waals surface area contributed by atoms with Gasteiger partial charge in [0.15, 0.2) is 0 Å². The first-order chi connectivity index (χ1) is 9.86. The molecule has 21 heavy (non-hydrogen) atoms. The van der Waals surface area contributed by atoms with Crippen LogP contribution in [0.1, 0.15) is 19.4 Å². The van der Waals surface area contributed by atoms with Crippen LogP contribution in [0.2, 0.25) is 0 Å². The lowest BCUT2D eigenvalue weighted by molar-refractivity contribution is -0.386. The molecule has 0 aliphatic carbocycles. The molecule has 1 saturated heterocycles. The summed E-state index contributed by atoms with van der Waals surface area (Å²) >= 11 is 0. The molecule has 0 amide bonds. The highest BCUT2D eigenvalue weighted by Gasteiger charge is 2.22. The van der Waals surface area contributed by atoms with E-state index in [4.69, 9.17) is 4.74 Å². The van der Waals surface area contributed by atoms with Gasteiger partial charge in [-0.25, -0.2) is 0 Å². The van der Waals surface area contributed by atoms with Crippen LogP contribution in [0, 0.1) is 17.0 Å². The average Bonchev–Trinajstić information content (AvgIpc) is 2.38. The Hall–Kier alpha value is -1.73. The smallest absolute Gasteiger partial charge is 0.334 e. The second-order valence-corrected chi connectivity index (χ2v) is 5.68. The van der Waals surface area contributed by atoms with Crippen molar-refractivity contribution in [2.24, 2.45) is 0 Å². The third kappa shape index (κ3) is 3.89. The molecule has 0 aromatic carbocycles. The molecule has 0 saturated carbocycles. The minimum Gasteiger partial charge on any atom is -0.373 e. The molecule has 116 valence electrons. The van der Waals surface area contributed by atoms with Crippen LogP contribution in [0.25, 0.3) is 0 Å². The fourth-order valence-corrected chi connectivity index (χ4v) is 2.78. The first kappa shape index (κ1) is 15.7. The van der Waals surface area contributed by atoms with E-state index in [1.807, 2.05) is 13.8 Å². The van der Waals surface area contributed by atoms with Crippen molar-refractivity contribution in [3.63, 3.8) is 0 Å². The van der Waals surface area contributed by atoms with Gasteiger partial charge in [-0.2, -0.15) is 0 Å². The van der Waals surface area contributed by atoms with E-state index in [1.165, 1.54) is 10.6 Å². The standard InChI is InChI=1S/C14H21N3O4/c1-10-6-13(17(19)20)14(18)16(7-10)5-4-15-8-11(2)21-12(3)9-15/h6-7,11-12H,4-5,8-9H2,1-3H3. The van der Waals surface area contributed by atoms with Crippen molar-refractivity contribution >= 4 is 5.69 Å². The van der Waals surface area contributed by atoms with Gasteiger partial charge in [-0.05, 0) is 26.3 Å². The minimum atomic E-state index is -0.620. The highest BCUT2D eigenvalue weighted by atomic mass is 16.6. The minimum absolute atomic E-state index is 0.164. The summed E-state index contributed by atoms with van der Waals surface area (Å²) in [7, 11) is 0. The molecule has 1 aromatic heterocycles. The van der Waals surface area contributed by atoms with Gasteiger partial charge in [-0.1, -0.05) is 0 Å². The molecule has 1 fully saturated rings. The number of nitrogens with zero attached hydrogens (tertiary/aromatic N) is 3. The van der Waals surface area contributed by atoms with Crippen LogP contribution < -0.4 is 5.56 Å². The molecule has 2 heterocycles. The lowest BCUT2D eigenvalue weighted by atomic mass is 10.2. The van der Waals surface area contributed by atoms with E-state index in [0.29, 0.717) is 18.7 Å². The van der Waals surface area contributed by atoms with E-state index in [1.54, 1.807) is 13.1 Å². The SMILES string of the molecule is Cc1cc([N+](=O)[O-])c(=O)n(CCN2CC(C)OC(C)C2)c1. The zero-order valence-corrected chi connectivity index (χ0v) is 12.6. The normalized spacial score (nSPS) is 23.2. The fraction of sp³-hybridized carbons (Fsp3) is 0.643. The third-order valence-electron chi connectivity index (χ3n) is 3.55. The summed E-state index contributed by atoms with van der Waals surface area (Å²) in [6.07, 6.45) is 2.00. The quantitative estimate of drug-likeness (QED) is 0.615. The summed E-state index contributed by atoms with van der Waals surface area (Å²) in [6.45, 7) is 8.54. The number of hydrogen-bond donors (Lipinski definition) is 0. The number of ether oxygens (including phenoxy) is 1.